The van der Waals surface area contributed by atoms with Crippen molar-refractivity contribution in [2.24, 2.45) is 0 Å². The lowest BCUT2D eigenvalue weighted by molar-refractivity contribution is 0.225. The first-order valence-electron chi connectivity index (χ1n) is 4.98. The Morgan fingerprint density at radius 1 is 1.33 bits per heavy atom. The maximum absolute atomic E-state index is 7.79. The molecule has 1 rings (SSSR count). The van der Waals surface area contributed by atoms with Crippen LogP contribution >= 0.6 is 8.60 Å². The average molecular weight is 227 g/mol. The zero-order valence-electron chi connectivity index (χ0n) is 9.84. The molecule has 0 fully saturated rings. The second-order valence-electron chi connectivity index (χ2n) is 2.70. The second kappa shape index (κ2) is 6.70. The van der Waals surface area contributed by atoms with Crippen molar-refractivity contribution in [2.75, 3.05) is 20.8 Å². The Balaban J connectivity index is 2.61. The Morgan fingerprint density at radius 3 is 2.47 bits per heavy atom. The normalized spacial score (nSPS) is 13.7. The highest BCUT2D eigenvalue weighted by Gasteiger charge is 2.08. The summed E-state index contributed by atoms with van der Waals surface area (Å²) in [4.78, 5) is 0. The molecule has 1 aromatic carbocycles. The van der Waals surface area contributed by atoms with Crippen LogP contribution < -0.4 is 0 Å². The van der Waals surface area contributed by atoms with Crippen LogP contribution in [0.5, 0.6) is 0 Å². The largest absolute Gasteiger partial charge is 0.332 e. The Bertz CT molecular complexity index is 327. The minimum atomic E-state index is -1.47. The molecule has 1 aromatic rings. The van der Waals surface area contributed by atoms with Gasteiger partial charge < -0.3 is 13.6 Å². The predicted octanol–water partition coefficient (Wildman–Crippen LogP) is 3.24. The smallest absolute Gasteiger partial charge is 0.316 e. The standard InChI is InChI=1S/C11H15O3P/c1-10(9-14-15(12-2)13-3)11-7-5-4-6-8-11/h4-8H,1,9H2,2-3H3/i9D. The Kier molecular flexibility index (Phi) is 4.81. The van der Waals surface area contributed by atoms with Gasteiger partial charge in [0.15, 0.2) is 0 Å². The lowest BCUT2D eigenvalue weighted by atomic mass is 10.1. The van der Waals surface area contributed by atoms with Gasteiger partial charge in [0.2, 0.25) is 0 Å². The molecule has 0 heterocycles. The van der Waals surface area contributed by atoms with Crippen LogP contribution in [-0.2, 0) is 13.6 Å². The fourth-order valence-electron chi connectivity index (χ4n) is 0.988. The van der Waals surface area contributed by atoms with Crippen molar-refractivity contribution >= 4 is 14.2 Å². The highest BCUT2D eigenvalue weighted by molar-refractivity contribution is 7.41. The summed E-state index contributed by atoms with van der Waals surface area (Å²) >= 11 is 0. The molecule has 0 N–H and O–H groups in total. The molecular weight excluding hydrogens is 211 g/mol. The summed E-state index contributed by atoms with van der Waals surface area (Å²) < 4.78 is 22.9. The third-order valence-corrected chi connectivity index (χ3v) is 2.60. The second-order valence-corrected chi connectivity index (χ2v) is 4.09. The van der Waals surface area contributed by atoms with Gasteiger partial charge in [-0.05, 0) is 11.1 Å². The van der Waals surface area contributed by atoms with Gasteiger partial charge in [0.05, 0.1) is 7.95 Å². The maximum Gasteiger partial charge on any atom is 0.332 e. The van der Waals surface area contributed by atoms with Crippen LogP contribution in [-0.4, -0.2) is 20.8 Å². The van der Waals surface area contributed by atoms with E-state index >= 15 is 0 Å². The molecular formula is C11H15O3P. The van der Waals surface area contributed by atoms with E-state index in [-0.39, 0.29) is 0 Å². The molecule has 1 atom stereocenters. The molecule has 1 unspecified atom stereocenters. The first kappa shape index (κ1) is 10.8. The van der Waals surface area contributed by atoms with E-state index in [0.29, 0.717) is 5.57 Å². The molecule has 0 aliphatic rings. The molecule has 3 nitrogen and oxygen atoms in total. The fraction of sp³-hybridized carbons (Fsp3) is 0.273. The highest BCUT2D eigenvalue weighted by atomic mass is 31.2. The molecule has 0 aromatic heterocycles. The Labute approximate surface area is 93.1 Å². The molecule has 15 heavy (non-hydrogen) atoms. The van der Waals surface area contributed by atoms with Crippen LogP contribution in [0.15, 0.2) is 36.9 Å². The van der Waals surface area contributed by atoms with E-state index in [2.05, 4.69) is 6.58 Å². The molecule has 0 aliphatic carbocycles. The van der Waals surface area contributed by atoms with Crippen LogP contribution in [0.1, 0.15) is 6.93 Å². The van der Waals surface area contributed by atoms with E-state index in [1.165, 1.54) is 14.2 Å². The molecule has 0 aliphatic heterocycles. The maximum atomic E-state index is 7.79. The van der Waals surface area contributed by atoms with Gasteiger partial charge >= 0.3 is 8.60 Å². The molecule has 82 valence electrons. The van der Waals surface area contributed by atoms with Gasteiger partial charge in [-0.2, -0.15) is 0 Å². The highest BCUT2D eigenvalue weighted by Crippen LogP contribution is 2.38. The summed E-state index contributed by atoms with van der Waals surface area (Å²) in [5.74, 6) is 0. The lowest BCUT2D eigenvalue weighted by Crippen LogP contribution is -1.95. The van der Waals surface area contributed by atoms with Gasteiger partial charge in [0.1, 0.15) is 0 Å². The molecule has 0 saturated carbocycles. The molecule has 0 bridgehead atoms. The van der Waals surface area contributed by atoms with Crippen molar-refractivity contribution < 1.29 is 14.9 Å². The number of hydrogen-bond donors (Lipinski definition) is 0. The van der Waals surface area contributed by atoms with Crippen molar-refractivity contribution in [3.63, 3.8) is 0 Å². The Hall–Kier alpha value is -0.730. The van der Waals surface area contributed by atoms with Crippen LogP contribution in [0.4, 0.5) is 0 Å². The quantitative estimate of drug-likeness (QED) is 0.698. The summed E-state index contributed by atoms with van der Waals surface area (Å²) in [5, 5.41) is 0. The van der Waals surface area contributed by atoms with Gasteiger partial charge in [-0.25, -0.2) is 0 Å². The third kappa shape index (κ3) is 4.10. The first-order valence-corrected chi connectivity index (χ1v) is 5.50. The van der Waals surface area contributed by atoms with Crippen molar-refractivity contribution in [1.82, 2.24) is 0 Å². The van der Waals surface area contributed by atoms with Crippen molar-refractivity contribution in [3.05, 3.63) is 42.5 Å². The first-order chi connectivity index (χ1) is 7.69. The van der Waals surface area contributed by atoms with Crippen molar-refractivity contribution in [2.45, 2.75) is 0 Å². The number of hydrogen-bond acceptors (Lipinski definition) is 3. The Morgan fingerprint density at radius 2 is 1.93 bits per heavy atom. The topological polar surface area (TPSA) is 27.7 Å². The van der Waals surface area contributed by atoms with E-state index in [1.54, 1.807) is 0 Å². The van der Waals surface area contributed by atoms with Gasteiger partial charge in [0.25, 0.3) is 0 Å². The minimum Gasteiger partial charge on any atom is -0.316 e. The summed E-state index contributed by atoms with van der Waals surface area (Å²) in [6.45, 7) is 2.95. The van der Waals surface area contributed by atoms with Gasteiger partial charge in [-0.3, -0.25) is 0 Å². The number of rotatable bonds is 6. The van der Waals surface area contributed by atoms with E-state index < -0.39 is 15.2 Å². The molecule has 0 radical (unpaired) electrons. The zero-order chi connectivity index (χ0) is 12.0. The fourth-order valence-corrected chi connectivity index (χ4v) is 1.52. The predicted molar refractivity (Wildman–Crippen MR) is 62.4 cm³/mol. The zero-order valence-corrected chi connectivity index (χ0v) is 9.74. The van der Waals surface area contributed by atoms with E-state index in [4.69, 9.17) is 14.9 Å². The van der Waals surface area contributed by atoms with Crippen LogP contribution in [0.3, 0.4) is 0 Å². The van der Waals surface area contributed by atoms with Crippen molar-refractivity contribution in [1.29, 1.82) is 0 Å². The molecule has 0 saturated heterocycles. The van der Waals surface area contributed by atoms with E-state index in [9.17, 15) is 0 Å². The van der Waals surface area contributed by atoms with Crippen LogP contribution in [0, 0.1) is 0 Å². The van der Waals surface area contributed by atoms with E-state index in [1.807, 2.05) is 30.3 Å². The monoisotopic (exact) mass is 227 g/mol. The van der Waals surface area contributed by atoms with Gasteiger partial charge in [-0.15, -0.1) is 0 Å². The number of benzene rings is 1. The summed E-state index contributed by atoms with van der Waals surface area (Å²) in [5.41, 5.74) is 1.46. The van der Waals surface area contributed by atoms with Crippen LogP contribution in [0.25, 0.3) is 5.57 Å². The van der Waals surface area contributed by atoms with Gasteiger partial charge in [0, 0.05) is 14.2 Å². The summed E-state index contributed by atoms with van der Waals surface area (Å²) in [7, 11) is 1.49. The molecule has 0 spiro atoms. The SMILES string of the molecule is [2H]C(OP(OC)OC)C(=C)c1ccccc1. The molecule has 0 amide bonds. The van der Waals surface area contributed by atoms with E-state index in [0.717, 1.165) is 5.56 Å². The molecule has 4 heteroatoms. The summed E-state index contributed by atoms with van der Waals surface area (Å²) in [6, 6.07) is 9.46. The van der Waals surface area contributed by atoms with Crippen LogP contribution in [0.2, 0.25) is 0 Å². The third-order valence-electron chi connectivity index (χ3n) is 1.72. The lowest BCUT2D eigenvalue weighted by Gasteiger charge is -2.12. The summed E-state index contributed by atoms with van der Waals surface area (Å²) in [6.07, 6.45) is 0. The minimum absolute atomic E-state index is 0.585. The van der Waals surface area contributed by atoms with Gasteiger partial charge in [-0.1, -0.05) is 36.9 Å². The van der Waals surface area contributed by atoms with Crippen molar-refractivity contribution in [3.8, 4) is 0 Å². The average Bonchev–Trinajstić information content (AvgIpc) is 2.35.